The van der Waals surface area contributed by atoms with Crippen LogP contribution in [0.2, 0.25) is 0 Å². The van der Waals surface area contributed by atoms with Crippen LogP contribution >= 0.6 is 0 Å². The third-order valence-electron chi connectivity index (χ3n) is 4.72. The minimum Gasteiger partial charge on any atom is -0.335 e. The van der Waals surface area contributed by atoms with Crippen molar-refractivity contribution in [3.05, 3.63) is 29.6 Å². The molecule has 3 rings (SSSR count). The van der Waals surface area contributed by atoms with Crippen molar-refractivity contribution in [3.63, 3.8) is 0 Å². The molecule has 1 fully saturated rings. The van der Waals surface area contributed by atoms with Crippen LogP contribution in [0.3, 0.4) is 0 Å². The number of hydrogen-bond acceptors (Lipinski definition) is 1. The van der Waals surface area contributed by atoms with Crippen LogP contribution in [0.15, 0.2) is 18.2 Å². The second kappa shape index (κ2) is 6.04. The highest BCUT2D eigenvalue weighted by Gasteiger charge is 2.29. The van der Waals surface area contributed by atoms with Gasteiger partial charge in [0.2, 0.25) is 0 Å². The van der Waals surface area contributed by atoms with Crippen LogP contribution in [0, 0.1) is 5.82 Å². The van der Waals surface area contributed by atoms with Gasteiger partial charge in [0, 0.05) is 17.8 Å². The van der Waals surface area contributed by atoms with E-state index in [1.165, 1.54) is 25.3 Å². The number of carbonyl (C=O) groups excluding carboxylic acids is 1. The number of nitrogens with zero attached hydrogens (tertiary/aromatic N) is 1. The summed E-state index contributed by atoms with van der Waals surface area (Å²) in [5.41, 5.74) is 1.80. The van der Waals surface area contributed by atoms with Crippen LogP contribution in [-0.2, 0) is 6.42 Å². The predicted molar refractivity (Wildman–Crippen MR) is 82.1 cm³/mol. The highest BCUT2D eigenvalue weighted by atomic mass is 19.1. The van der Waals surface area contributed by atoms with Gasteiger partial charge >= 0.3 is 6.03 Å². The van der Waals surface area contributed by atoms with E-state index >= 15 is 0 Å². The summed E-state index contributed by atoms with van der Waals surface area (Å²) in [7, 11) is 0. The van der Waals surface area contributed by atoms with Crippen LogP contribution < -0.4 is 10.2 Å². The van der Waals surface area contributed by atoms with E-state index in [4.69, 9.17) is 0 Å². The van der Waals surface area contributed by atoms with Gasteiger partial charge in [-0.3, -0.25) is 4.90 Å². The Morgan fingerprint density at radius 2 is 2.00 bits per heavy atom. The highest BCUT2D eigenvalue weighted by Crippen LogP contribution is 2.31. The van der Waals surface area contributed by atoms with Crippen molar-refractivity contribution in [2.75, 3.05) is 4.90 Å². The summed E-state index contributed by atoms with van der Waals surface area (Å²) in [6.07, 6.45) is 7.53. The van der Waals surface area contributed by atoms with Gasteiger partial charge in [0.25, 0.3) is 0 Å². The van der Waals surface area contributed by atoms with Crippen molar-refractivity contribution in [3.8, 4) is 0 Å². The lowest BCUT2D eigenvalue weighted by molar-refractivity contribution is 0.235. The van der Waals surface area contributed by atoms with Gasteiger partial charge in [-0.15, -0.1) is 0 Å². The summed E-state index contributed by atoms with van der Waals surface area (Å²) in [5, 5.41) is 3.17. The van der Waals surface area contributed by atoms with Gasteiger partial charge in [0.1, 0.15) is 5.82 Å². The molecular formula is C17H23FN2O. The van der Waals surface area contributed by atoms with Crippen LogP contribution in [0.5, 0.6) is 0 Å². The number of hydrogen-bond donors (Lipinski definition) is 1. The highest BCUT2D eigenvalue weighted by molar-refractivity contribution is 5.94. The van der Waals surface area contributed by atoms with Crippen molar-refractivity contribution in [2.24, 2.45) is 0 Å². The second-order valence-electron chi connectivity index (χ2n) is 6.32. The van der Waals surface area contributed by atoms with Gasteiger partial charge in [0.05, 0.1) is 0 Å². The Morgan fingerprint density at radius 1 is 1.24 bits per heavy atom. The van der Waals surface area contributed by atoms with Gasteiger partial charge < -0.3 is 5.32 Å². The number of nitrogens with one attached hydrogen (secondary N) is 1. The quantitative estimate of drug-likeness (QED) is 0.832. The first-order valence-electron chi connectivity index (χ1n) is 8.03. The monoisotopic (exact) mass is 290 g/mol. The summed E-state index contributed by atoms with van der Waals surface area (Å²) < 4.78 is 13.4. The van der Waals surface area contributed by atoms with Gasteiger partial charge in [-0.1, -0.05) is 19.3 Å². The summed E-state index contributed by atoms with van der Waals surface area (Å²) >= 11 is 0. The number of carbonyl (C=O) groups is 1. The number of amides is 2. The Labute approximate surface area is 125 Å². The maximum Gasteiger partial charge on any atom is 0.322 e. The lowest BCUT2D eigenvalue weighted by Gasteiger charge is -2.36. The first-order valence-corrected chi connectivity index (χ1v) is 8.03. The molecule has 1 N–H and O–H groups in total. The van der Waals surface area contributed by atoms with E-state index in [2.05, 4.69) is 12.2 Å². The van der Waals surface area contributed by atoms with Crippen molar-refractivity contribution in [1.82, 2.24) is 5.32 Å². The molecule has 2 aliphatic rings. The molecule has 1 aliphatic heterocycles. The molecule has 114 valence electrons. The molecule has 0 spiro atoms. The fourth-order valence-electron chi connectivity index (χ4n) is 3.52. The number of rotatable bonds is 1. The summed E-state index contributed by atoms with van der Waals surface area (Å²) in [5.74, 6) is -0.226. The first-order chi connectivity index (χ1) is 10.1. The molecule has 1 aromatic rings. The number of halogens is 1. The van der Waals surface area contributed by atoms with Gasteiger partial charge in [-0.25, -0.2) is 9.18 Å². The Bertz CT molecular complexity index is 526. The standard InChI is InChI=1S/C17H23FN2O/c1-12-7-8-13-11-14(18)9-10-16(13)20(12)17(21)19-15-5-3-2-4-6-15/h9-12,15H,2-8H2,1H3,(H,19,21)/t12-/m0/s1. The molecule has 1 heterocycles. The second-order valence-corrected chi connectivity index (χ2v) is 6.32. The van der Waals surface area contributed by atoms with Crippen LogP contribution in [0.4, 0.5) is 14.9 Å². The van der Waals surface area contributed by atoms with E-state index in [1.54, 1.807) is 12.1 Å². The van der Waals surface area contributed by atoms with Gasteiger partial charge in [-0.05, 0) is 56.4 Å². The molecule has 0 saturated heterocycles. The normalized spacial score (nSPS) is 22.8. The van der Waals surface area contributed by atoms with E-state index in [1.807, 2.05) is 4.90 Å². The summed E-state index contributed by atoms with van der Waals surface area (Å²) in [4.78, 5) is 14.5. The first kappa shape index (κ1) is 14.4. The summed E-state index contributed by atoms with van der Waals surface area (Å²) in [6, 6.07) is 5.17. The minimum absolute atomic E-state index is 0.0260. The average Bonchev–Trinajstić information content (AvgIpc) is 2.48. The Hall–Kier alpha value is -1.58. The van der Waals surface area contributed by atoms with Crippen LogP contribution in [0.1, 0.15) is 51.0 Å². The Balaban J connectivity index is 1.78. The largest absolute Gasteiger partial charge is 0.335 e. The maximum atomic E-state index is 13.4. The van der Waals surface area contributed by atoms with E-state index in [0.29, 0.717) is 6.04 Å². The molecule has 1 saturated carbocycles. The van der Waals surface area contributed by atoms with E-state index in [-0.39, 0.29) is 17.9 Å². The molecule has 0 aromatic heterocycles. The van der Waals surface area contributed by atoms with E-state index in [9.17, 15) is 9.18 Å². The third kappa shape index (κ3) is 3.04. The van der Waals surface area contributed by atoms with E-state index in [0.717, 1.165) is 36.9 Å². The van der Waals surface area contributed by atoms with Crippen molar-refractivity contribution in [2.45, 2.75) is 64.0 Å². The molecule has 1 aromatic carbocycles. The Kier molecular flexibility index (Phi) is 4.13. The predicted octanol–water partition coefficient (Wildman–Crippen LogP) is 4.01. The zero-order valence-corrected chi connectivity index (χ0v) is 12.6. The van der Waals surface area contributed by atoms with E-state index < -0.39 is 0 Å². The van der Waals surface area contributed by atoms with Crippen LogP contribution in [-0.4, -0.2) is 18.1 Å². The zero-order chi connectivity index (χ0) is 14.8. The van der Waals surface area contributed by atoms with Crippen molar-refractivity contribution >= 4 is 11.7 Å². The van der Waals surface area contributed by atoms with Gasteiger partial charge in [0.15, 0.2) is 0 Å². The number of benzene rings is 1. The molecule has 1 aliphatic carbocycles. The lowest BCUT2D eigenvalue weighted by Crippen LogP contribution is -2.50. The third-order valence-corrected chi connectivity index (χ3v) is 4.72. The topological polar surface area (TPSA) is 32.3 Å². The number of anilines is 1. The van der Waals surface area contributed by atoms with Gasteiger partial charge in [-0.2, -0.15) is 0 Å². The molecule has 0 unspecified atom stereocenters. The van der Waals surface area contributed by atoms with Crippen molar-refractivity contribution in [1.29, 1.82) is 0 Å². The fourth-order valence-corrected chi connectivity index (χ4v) is 3.52. The minimum atomic E-state index is -0.226. The average molecular weight is 290 g/mol. The molecular weight excluding hydrogens is 267 g/mol. The number of aryl methyl sites for hydroxylation is 1. The molecule has 3 nitrogen and oxygen atoms in total. The molecule has 21 heavy (non-hydrogen) atoms. The lowest BCUT2D eigenvalue weighted by atomic mass is 9.95. The summed E-state index contributed by atoms with van der Waals surface area (Å²) in [6.45, 7) is 2.06. The molecule has 0 radical (unpaired) electrons. The zero-order valence-electron chi connectivity index (χ0n) is 12.6. The molecule has 1 atom stereocenters. The number of fused-ring (bicyclic) bond motifs is 1. The molecule has 4 heteroatoms. The molecule has 0 bridgehead atoms. The fraction of sp³-hybridized carbons (Fsp3) is 0.588. The maximum absolute atomic E-state index is 13.4. The molecule has 2 amide bonds. The number of urea groups is 1. The SMILES string of the molecule is C[C@H]1CCc2cc(F)ccc2N1C(=O)NC1CCCCC1. The smallest absolute Gasteiger partial charge is 0.322 e. The van der Waals surface area contributed by atoms with Crippen LogP contribution in [0.25, 0.3) is 0 Å². The Morgan fingerprint density at radius 3 is 2.76 bits per heavy atom. The van der Waals surface area contributed by atoms with Crippen molar-refractivity contribution < 1.29 is 9.18 Å².